The SMILES string of the molecule is COc1cc(-c2c(C#N)c(N)nc3c2CC(CC(=O)O)CC3)cc2c1OCO2. The van der Waals surface area contributed by atoms with Crippen LogP contribution < -0.4 is 19.9 Å². The second-order valence-electron chi connectivity index (χ2n) is 6.90. The van der Waals surface area contributed by atoms with Crippen LogP contribution in [0.15, 0.2) is 12.1 Å². The van der Waals surface area contributed by atoms with E-state index in [-0.39, 0.29) is 30.5 Å². The Morgan fingerprint density at radius 3 is 3.00 bits per heavy atom. The maximum atomic E-state index is 11.2. The Kier molecular flexibility index (Phi) is 4.43. The number of hydrogen-bond donors (Lipinski definition) is 2. The van der Waals surface area contributed by atoms with Crippen LogP contribution in [0.2, 0.25) is 0 Å². The molecule has 8 heteroatoms. The van der Waals surface area contributed by atoms with Gasteiger partial charge < -0.3 is 25.1 Å². The van der Waals surface area contributed by atoms with Crippen molar-refractivity contribution < 1.29 is 24.1 Å². The van der Waals surface area contributed by atoms with Crippen molar-refractivity contribution in [2.45, 2.75) is 25.7 Å². The minimum atomic E-state index is -0.830. The third-order valence-electron chi connectivity index (χ3n) is 5.22. The fourth-order valence-corrected chi connectivity index (χ4v) is 3.98. The molecule has 2 aliphatic rings. The third-order valence-corrected chi connectivity index (χ3v) is 5.22. The summed E-state index contributed by atoms with van der Waals surface area (Å²) in [5.74, 6) is 0.866. The fourth-order valence-electron chi connectivity index (χ4n) is 3.98. The highest BCUT2D eigenvalue weighted by Gasteiger charge is 2.29. The van der Waals surface area contributed by atoms with Crippen molar-refractivity contribution >= 4 is 11.8 Å². The molecule has 28 heavy (non-hydrogen) atoms. The summed E-state index contributed by atoms with van der Waals surface area (Å²) in [6, 6.07) is 5.73. The van der Waals surface area contributed by atoms with E-state index in [2.05, 4.69) is 11.1 Å². The number of carboxylic acids is 1. The molecule has 3 N–H and O–H groups in total. The number of nitrogen functional groups attached to an aromatic ring is 1. The van der Waals surface area contributed by atoms with Gasteiger partial charge in [0.15, 0.2) is 11.5 Å². The first kappa shape index (κ1) is 17.9. The van der Waals surface area contributed by atoms with E-state index >= 15 is 0 Å². The molecule has 1 aliphatic heterocycles. The Labute approximate surface area is 161 Å². The molecule has 1 aromatic carbocycles. The van der Waals surface area contributed by atoms with Crippen LogP contribution in [0.3, 0.4) is 0 Å². The number of aliphatic carboxylic acids is 1. The number of pyridine rings is 1. The molecule has 0 amide bonds. The van der Waals surface area contributed by atoms with Gasteiger partial charge in [-0.25, -0.2) is 4.98 Å². The van der Waals surface area contributed by atoms with E-state index in [1.165, 1.54) is 7.11 Å². The number of rotatable bonds is 4. The smallest absolute Gasteiger partial charge is 0.303 e. The van der Waals surface area contributed by atoms with Gasteiger partial charge in [0.2, 0.25) is 12.5 Å². The number of aryl methyl sites for hydroxylation is 1. The summed E-state index contributed by atoms with van der Waals surface area (Å²) < 4.78 is 16.4. The number of carboxylic acid groups (broad SMARTS) is 1. The Morgan fingerprint density at radius 2 is 2.29 bits per heavy atom. The van der Waals surface area contributed by atoms with Gasteiger partial charge in [-0.05, 0) is 48.4 Å². The predicted octanol–water partition coefficient (Wildman–Crippen LogP) is 2.52. The topological polar surface area (TPSA) is 128 Å². The average molecular weight is 381 g/mol. The third kappa shape index (κ3) is 2.95. The number of hydrogen-bond acceptors (Lipinski definition) is 7. The van der Waals surface area contributed by atoms with E-state index in [1.807, 2.05) is 0 Å². The number of fused-ring (bicyclic) bond motifs is 2. The lowest BCUT2D eigenvalue weighted by molar-refractivity contribution is -0.138. The van der Waals surface area contributed by atoms with Crippen LogP contribution in [0, 0.1) is 17.2 Å². The Balaban J connectivity index is 1.91. The van der Waals surface area contributed by atoms with Crippen LogP contribution in [0.5, 0.6) is 17.2 Å². The first-order valence-corrected chi connectivity index (χ1v) is 8.93. The van der Waals surface area contributed by atoms with Crippen molar-refractivity contribution in [1.82, 2.24) is 4.98 Å². The van der Waals surface area contributed by atoms with Crippen molar-refractivity contribution in [3.63, 3.8) is 0 Å². The first-order valence-electron chi connectivity index (χ1n) is 8.93. The summed E-state index contributed by atoms with van der Waals surface area (Å²) in [5.41, 5.74) is 9.40. The van der Waals surface area contributed by atoms with Crippen LogP contribution in [0.25, 0.3) is 11.1 Å². The lowest BCUT2D eigenvalue weighted by Gasteiger charge is -2.26. The summed E-state index contributed by atoms with van der Waals surface area (Å²) in [7, 11) is 1.53. The largest absolute Gasteiger partial charge is 0.493 e. The molecule has 0 fully saturated rings. The number of nitrogens with two attached hydrogens (primary N) is 1. The summed E-state index contributed by atoms with van der Waals surface area (Å²) in [6.45, 7) is 0.0948. The van der Waals surface area contributed by atoms with Gasteiger partial charge in [-0.15, -0.1) is 0 Å². The Bertz CT molecular complexity index is 1010. The van der Waals surface area contributed by atoms with Gasteiger partial charge >= 0.3 is 5.97 Å². The number of aromatic nitrogens is 1. The zero-order chi connectivity index (χ0) is 19.8. The van der Waals surface area contributed by atoms with Gasteiger partial charge in [0.05, 0.1) is 7.11 Å². The van der Waals surface area contributed by atoms with Crippen LogP contribution in [-0.4, -0.2) is 30.0 Å². The number of benzene rings is 1. The molecule has 1 aliphatic carbocycles. The molecule has 0 spiro atoms. The lowest BCUT2D eigenvalue weighted by atomic mass is 9.80. The number of methoxy groups -OCH3 is 1. The molecule has 0 saturated carbocycles. The molecule has 1 aromatic heterocycles. The van der Waals surface area contributed by atoms with Crippen LogP contribution in [0.4, 0.5) is 5.82 Å². The van der Waals surface area contributed by atoms with Crippen molar-refractivity contribution in [3.8, 4) is 34.4 Å². The second kappa shape index (κ2) is 6.93. The van der Waals surface area contributed by atoms with Gasteiger partial charge in [-0.3, -0.25) is 4.79 Å². The van der Waals surface area contributed by atoms with E-state index < -0.39 is 5.97 Å². The molecule has 8 nitrogen and oxygen atoms in total. The monoisotopic (exact) mass is 381 g/mol. The zero-order valence-electron chi connectivity index (χ0n) is 15.3. The molecule has 0 saturated heterocycles. The van der Waals surface area contributed by atoms with E-state index in [0.29, 0.717) is 41.2 Å². The predicted molar refractivity (Wildman–Crippen MR) is 99.2 cm³/mol. The van der Waals surface area contributed by atoms with Crippen molar-refractivity contribution in [1.29, 1.82) is 5.26 Å². The van der Waals surface area contributed by atoms with E-state index in [4.69, 9.17) is 19.9 Å². The van der Waals surface area contributed by atoms with E-state index in [1.54, 1.807) is 12.1 Å². The second-order valence-corrected chi connectivity index (χ2v) is 6.90. The van der Waals surface area contributed by atoms with Crippen molar-refractivity contribution in [3.05, 3.63) is 29.0 Å². The average Bonchev–Trinajstić information content (AvgIpc) is 3.14. The highest BCUT2D eigenvalue weighted by molar-refractivity contribution is 5.82. The first-order chi connectivity index (χ1) is 13.5. The fraction of sp³-hybridized carbons (Fsp3) is 0.350. The summed E-state index contributed by atoms with van der Waals surface area (Å²) in [6.07, 6.45) is 1.95. The quantitative estimate of drug-likeness (QED) is 0.827. The molecule has 144 valence electrons. The van der Waals surface area contributed by atoms with Crippen molar-refractivity contribution in [2.75, 3.05) is 19.6 Å². The van der Waals surface area contributed by atoms with Gasteiger partial charge in [0.1, 0.15) is 17.5 Å². The normalized spacial score (nSPS) is 16.9. The molecule has 2 aromatic rings. The molecular formula is C20H19N3O5. The number of nitriles is 1. The standard InChI is InChI=1S/C20H19N3O5/c1-26-15-6-11(7-16-19(15)28-9-27-16)18-12-4-10(5-17(24)25)2-3-14(12)23-20(22)13(18)8-21/h6-7,10H,2-5,9H2,1H3,(H2,22,23)(H,24,25). The van der Waals surface area contributed by atoms with Gasteiger partial charge in [-0.1, -0.05) is 0 Å². The van der Waals surface area contributed by atoms with Gasteiger partial charge in [0, 0.05) is 17.7 Å². The Hall–Kier alpha value is -3.47. The lowest BCUT2D eigenvalue weighted by Crippen LogP contribution is -2.20. The molecular weight excluding hydrogens is 362 g/mol. The minimum Gasteiger partial charge on any atom is -0.493 e. The summed E-state index contributed by atoms with van der Waals surface area (Å²) in [4.78, 5) is 15.6. The summed E-state index contributed by atoms with van der Waals surface area (Å²) >= 11 is 0. The zero-order valence-corrected chi connectivity index (χ0v) is 15.3. The number of carbonyl (C=O) groups is 1. The highest BCUT2D eigenvalue weighted by atomic mass is 16.7. The van der Waals surface area contributed by atoms with E-state index in [9.17, 15) is 15.2 Å². The van der Waals surface area contributed by atoms with Crippen LogP contribution in [0.1, 0.15) is 29.7 Å². The number of anilines is 1. The molecule has 4 rings (SSSR count). The van der Waals surface area contributed by atoms with Gasteiger partial charge in [-0.2, -0.15) is 5.26 Å². The Morgan fingerprint density at radius 1 is 1.46 bits per heavy atom. The summed E-state index contributed by atoms with van der Waals surface area (Å²) in [5, 5.41) is 18.9. The van der Waals surface area contributed by atoms with Crippen LogP contribution in [-0.2, 0) is 17.6 Å². The minimum absolute atomic E-state index is 0.0170. The maximum Gasteiger partial charge on any atom is 0.303 e. The van der Waals surface area contributed by atoms with E-state index in [0.717, 1.165) is 17.7 Å². The molecule has 2 heterocycles. The molecule has 0 radical (unpaired) electrons. The molecule has 1 unspecified atom stereocenters. The maximum absolute atomic E-state index is 11.2. The van der Waals surface area contributed by atoms with Crippen molar-refractivity contribution in [2.24, 2.45) is 5.92 Å². The molecule has 0 bridgehead atoms. The highest BCUT2D eigenvalue weighted by Crippen LogP contribution is 2.47. The van der Waals surface area contributed by atoms with Gasteiger partial charge in [0.25, 0.3) is 0 Å². The number of ether oxygens (including phenoxy) is 3. The van der Waals surface area contributed by atoms with Crippen LogP contribution >= 0.6 is 0 Å². The number of nitrogens with zero attached hydrogens (tertiary/aromatic N) is 2. The molecule has 1 atom stereocenters.